The molecule has 0 aliphatic carbocycles. The van der Waals surface area contributed by atoms with Gasteiger partial charge in [0.15, 0.2) is 0 Å². The minimum Gasteiger partial charge on any atom is -0.444 e. The molecule has 1 aromatic rings. The Kier molecular flexibility index (Phi) is 4.11. The summed E-state index contributed by atoms with van der Waals surface area (Å²) in [5.74, 6) is 0. The number of anilines is 1. The molecule has 1 N–H and O–H groups in total. The van der Waals surface area contributed by atoms with Gasteiger partial charge in [0.05, 0.1) is 24.5 Å². The van der Waals surface area contributed by atoms with E-state index in [1.165, 1.54) is 0 Å². The van der Waals surface area contributed by atoms with Crippen LogP contribution in [0.25, 0.3) is 0 Å². The largest absolute Gasteiger partial charge is 0.444 e. The van der Waals surface area contributed by atoms with E-state index in [2.05, 4.69) is 10.3 Å². The van der Waals surface area contributed by atoms with Gasteiger partial charge in [-0.2, -0.15) is 0 Å². The zero-order chi connectivity index (χ0) is 14.8. The summed E-state index contributed by atoms with van der Waals surface area (Å²) in [5.41, 5.74) is 0.265. The lowest BCUT2D eigenvalue weighted by molar-refractivity contribution is 0.0490. The fraction of sp³-hybridized carbons (Fsp3) is 0.571. The number of pyridine rings is 1. The lowest BCUT2D eigenvalue weighted by Gasteiger charge is -2.22. The van der Waals surface area contributed by atoms with Crippen LogP contribution in [0.2, 0.25) is 0 Å². The lowest BCUT2D eigenvalue weighted by atomic mass is 10.2. The van der Waals surface area contributed by atoms with Crippen molar-refractivity contribution in [1.29, 1.82) is 0 Å². The van der Waals surface area contributed by atoms with E-state index >= 15 is 0 Å². The van der Waals surface area contributed by atoms with Gasteiger partial charge in [0.1, 0.15) is 11.8 Å². The van der Waals surface area contributed by atoms with Gasteiger partial charge in [-0.05, 0) is 32.9 Å². The third-order valence-corrected chi connectivity index (χ3v) is 2.96. The van der Waals surface area contributed by atoms with Crippen LogP contribution < -0.4 is 10.2 Å². The number of ether oxygens (including phenoxy) is 1. The van der Waals surface area contributed by atoms with Crippen LogP contribution in [0.4, 0.5) is 14.9 Å². The Morgan fingerprint density at radius 3 is 2.85 bits per heavy atom. The van der Waals surface area contributed by atoms with Gasteiger partial charge in [-0.3, -0.25) is 4.98 Å². The molecule has 0 radical (unpaired) electrons. The Labute approximate surface area is 118 Å². The molecule has 0 bridgehead atoms. The average molecular weight is 281 g/mol. The van der Waals surface area contributed by atoms with Gasteiger partial charge >= 0.3 is 6.09 Å². The topological polar surface area (TPSA) is 54.5 Å². The zero-order valence-electron chi connectivity index (χ0n) is 12.0. The van der Waals surface area contributed by atoms with E-state index in [1.54, 1.807) is 39.2 Å². The van der Waals surface area contributed by atoms with E-state index in [0.29, 0.717) is 6.54 Å². The highest BCUT2D eigenvalue weighted by atomic mass is 19.1. The van der Waals surface area contributed by atoms with Crippen molar-refractivity contribution in [3.8, 4) is 0 Å². The summed E-state index contributed by atoms with van der Waals surface area (Å²) < 4.78 is 19.1. The number of alkyl carbamates (subject to hydrolysis) is 1. The van der Waals surface area contributed by atoms with Crippen LogP contribution in [0.3, 0.4) is 0 Å². The fourth-order valence-corrected chi connectivity index (χ4v) is 2.11. The van der Waals surface area contributed by atoms with Crippen molar-refractivity contribution >= 4 is 11.8 Å². The molecule has 0 spiro atoms. The summed E-state index contributed by atoms with van der Waals surface area (Å²) in [6.45, 7) is 5.97. The normalized spacial score (nSPS) is 22.7. The first-order valence-corrected chi connectivity index (χ1v) is 6.64. The maximum atomic E-state index is 14.0. The molecule has 0 aromatic carbocycles. The summed E-state index contributed by atoms with van der Waals surface area (Å²) in [5, 5.41) is 2.59. The molecule has 5 nitrogen and oxygen atoms in total. The van der Waals surface area contributed by atoms with Crippen LogP contribution in [0.5, 0.6) is 0 Å². The number of carbonyl (C=O) groups is 1. The number of carbonyl (C=O) groups excluding carboxylic acids is 1. The van der Waals surface area contributed by atoms with Gasteiger partial charge in [0.2, 0.25) is 0 Å². The molecule has 0 saturated carbocycles. The number of hydrogen-bond donors (Lipinski definition) is 1. The van der Waals surface area contributed by atoms with E-state index in [-0.39, 0.29) is 6.54 Å². The van der Waals surface area contributed by atoms with Crippen molar-refractivity contribution in [2.75, 3.05) is 18.0 Å². The summed E-state index contributed by atoms with van der Waals surface area (Å²) >= 11 is 0. The lowest BCUT2D eigenvalue weighted by Crippen LogP contribution is -2.44. The van der Waals surface area contributed by atoms with Crippen LogP contribution in [0.1, 0.15) is 20.8 Å². The van der Waals surface area contributed by atoms with Crippen molar-refractivity contribution in [3.63, 3.8) is 0 Å². The highest BCUT2D eigenvalue weighted by Gasteiger charge is 2.35. The van der Waals surface area contributed by atoms with Gasteiger partial charge in [0.25, 0.3) is 0 Å². The maximum Gasteiger partial charge on any atom is 0.408 e. The smallest absolute Gasteiger partial charge is 0.408 e. The number of halogens is 1. The Bertz CT molecular complexity index is 461. The van der Waals surface area contributed by atoms with Gasteiger partial charge in [-0.1, -0.05) is 0 Å². The summed E-state index contributed by atoms with van der Waals surface area (Å²) in [7, 11) is 0. The predicted octanol–water partition coefficient (Wildman–Crippen LogP) is 2.13. The van der Waals surface area contributed by atoms with Crippen molar-refractivity contribution in [2.24, 2.45) is 0 Å². The summed E-state index contributed by atoms with van der Waals surface area (Å²) in [6, 6.07) is 3.11. The number of aromatic nitrogens is 1. The molecule has 1 aromatic heterocycles. The Balaban J connectivity index is 1.93. The van der Waals surface area contributed by atoms with Crippen LogP contribution in [-0.4, -0.2) is 42.0 Å². The highest BCUT2D eigenvalue weighted by Crippen LogP contribution is 2.21. The molecule has 110 valence electrons. The van der Waals surface area contributed by atoms with Crippen molar-refractivity contribution < 1.29 is 13.9 Å². The monoisotopic (exact) mass is 281 g/mol. The summed E-state index contributed by atoms with van der Waals surface area (Å²) in [4.78, 5) is 17.5. The molecule has 1 amide bonds. The first kappa shape index (κ1) is 14.6. The van der Waals surface area contributed by atoms with E-state index in [0.717, 1.165) is 5.69 Å². The molecule has 1 aliphatic rings. The molecule has 6 heteroatoms. The highest BCUT2D eigenvalue weighted by molar-refractivity contribution is 5.68. The van der Waals surface area contributed by atoms with Crippen LogP contribution >= 0.6 is 0 Å². The molecular formula is C14H20FN3O2. The SMILES string of the molecule is CC(C)(C)OC(=O)N[C@H]1CN(c2cccnc2)C[C@@H]1F. The molecule has 0 unspecified atom stereocenters. The predicted molar refractivity (Wildman–Crippen MR) is 74.5 cm³/mol. The second-order valence-corrected chi connectivity index (χ2v) is 5.88. The molecule has 1 fully saturated rings. The molecule has 2 atom stereocenters. The minimum absolute atomic E-state index is 0.242. The third kappa shape index (κ3) is 3.82. The van der Waals surface area contributed by atoms with Crippen molar-refractivity contribution in [2.45, 2.75) is 38.6 Å². The number of nitrogens with zero attached hydrogens (tertiary/aromatic N) is 2. The molecule has 1 saturated heterocycles. The number of alkyl halides is 1. The van der Waals surface area contributed by atoms with Crippen molar-refractivity contribution in [1.82, 2.24) is 10.3 Å². The first-order valence-electron chi connectivity index (χ1n) is 6.64. The molecule has 2 rings (SSSR count). The fourth-order valence-electron chi connectivity index (χ4n) is 2.11. The average Bonchev–Trinajstić information content (AvgIpc) is 2.70. The van der Waals surface area contributed by atoms with Gasteiger partial charge in [-0.15, -0.1) is 0 Å². The molecule has 1 aliphatic heterocycles. The second-order valence-electron chi connectivity index (χ2n) is 5.88. The van der Waals surface area contributed by atoms with Crippen LogP contribution in [0.15, 0.2) is 24.5 Å². The Morgan fingerprint density at radius 2 is 2.25 bits per heavy atom. The van der Waals surface area contributed by atoms with E-state index in [4.69, 9.17) is 4.74 Å². The number of nitrogens with one attached hydrogen (secondary N) is 1. The maximum absolute atomic E-state index is 14.0. The van der Waals surface area contributed by atoms with E-state index < -0.39 is 23.9 Å². The zero-order valence-corrected chi connectivity index (χ0v) is 12.0. The van der Waals surface area contributed by atoms with Gasteiger partial charge in [0, 0.05) is 12.7 Å². The van der Waals surface area contributed by atoms with Gasteiger partial charge in [-0.25, -0.2) is 9.18 Å². The molecule has 20 heavy (non-hydrogen) atoms. The van der Waals surface area contributed by atoms with Crippen LogP contribution in [0, 0.1) is 0 Å². The quantitative estimate of drug-likeness (QED) is 0.902. The first-order chi connectivity index (χ1) is 9.35. The standard InChI is InChI=1S/C14H20FN3O2/c1-14(2,3)20-13(19)17-12-9-18(8-11(12)15)10-5-4-6-16-7-10/h4-7,11-12H,8-9H2,1-3H3,(H,17,19)/t11-,12-/m0/s1. The Morgan fingerprint density at radius 1 is 1.50 bits per heavy atom. The number of amides is 1. The van der Waals surface area contributed by atoms with Gasteiger partial charge < -0.3 is 15.0 Å². The van der Waals surface area contributed by atoms with Crippen LogP contribution in [-0.2, 0) is 4.74 Å². The third-order valence-electron chi connectivity index (χ3n) is 2.96. The van der Waals surface area contributed by atoms with Crippen molar-refractivity contribution in [3.05, 3.63) is 24.5 Å². The van der Waals surface area contributed by atoms with E-state index in [1.807, 2.05) is 11.0 Å². The second kappa shape index (κ2) is 5.64. The number of hydrogen-bond acceptors (Lipinski definition) is 4. The van der Waals surface area contributed by atoms with E-state index in [9.17, 15) is 9.18 Å². The molecule has 2 heterocycles. The number of rotatable bonds is 2. The Hall–Kier alpha value is -1.85. The molecular weight excluding hydrogens is 261 g/mol. The summed E-state index contributed by atoms with van der Waals surface area (Å²) in [6.07, 6.45) is 1.65. The minimum atomic E-state index is -1.12.